The van der Waals surface area contributed by atoms with Gasteiger partial charge in [0.15, 0.2) is 6.29 Å². The zero-order valence-corrected chi connectivity index (χ0v) is 35.6. The second-order valence-electron chi connectivity index (χ2n) is 16.2. The molecule has 0 saturated carbocycles. The van der Waals surface area contributed by atoms with Gasteiger partial charge in [0.2, 0.25) is 0 Å². The summed E-state index contributed by atoms with van der Waals surface area (Å²) in [6.45, 7) is 17.1. The zero-order chi connectivity index (χ0) is 41.9. The SMILES string of the molecule is CCN(c1cc(-c2ccc(CN3CCN(CCCCCN(C)C(=O)c4ccccc4C=O)CC3)cc2)cc(C(=O)NCc2c(C)cc(C)[nH]c2=O)c1C)C1CCOCC1. The monoisotopic (exact) mass is 802 g/mol. The summed E-state index contributed by atoms with van der Waals surface area (Å²) in [7, 11) is 1.81. The topological polar surface area (TPSA) is 118 Å². The van der Waals surface area contributed by atoms with Crippen molar-refractivity contribution in [2.24, 2.45) is 0 Å². The third-order valence-electron chi connectivity index (χ3n) is 12.1. The summed E-state index contributed by atoms with van der Waals surface area (Å²) >= 11 is 0. The van der Waals surface area contributed by atoms with E-state index < -0.39 is 0 Å². The smallest absolute Gasteiger partial charge is 0.254 e. The normalized spacial score (nSPS) is 15.2. The molecule has 6 rings (SSSR count). The molecule has 0 spiro atoms. The molecule has 2 aliphatic heterocycles. The number of aromatic nitrogens is 1. The fraction of sp³-hybridized carbons (Fsp3) is 0.458. The molecular formula is C48H62N6O5. The van der Waals surface area contributed by atoms with E-state index in [1.54, 1.807) is 29.2 Å². The molecule has 1 aromatic heterocycles. The van der Waals surface area contributed by atoms with E-state index in [9.17, 15) is 19.2 Å². The van der Waals surface area contributed by atoms with Gasteiger partial charge in [-0.3, -0.25) is 24.1 Å². The lowest BCUT2D eigenvalue weighted by atomic mass is 9.94. The minimum absolute atomic E-state index is 0.105. The first-order valence-corrected chi connectivity index (χ1v) is 21.4. The van der Waals surface area contributed by atoms with Gasteiger partial charge in [0.05, 0.1) is 5.56 Å². The maximum absolute atomic E-state index is 14.0. The number of hydrogen-bond acceptors (Lipinski definition) is 8. The van der Waals surface area contributed by atoms with Gasteiger partial charge in [-0.2, -0.15) is 0 Å². The number of anilines is 1. The second-order valence-corrected chi connectivity index (χ2v) is 16.2. The number of aromatic amines is 1. The molecule has 3 aromatic carbocycles. The Kier molecular flexibility index (Phi) is 15.3. The summed E-state index contributed by atoms with van der Waals surface area (Å²) in [4.78, 5) is 62.9. The summed E-state index contributed by atoms with van der Waals surface area (Å²) in [5.41, 5.74) is 8.88. The van der Waals surface area contributed by atoms with Crippen LogP contribution in [-0.2, 0) is 17.8 Å². The van der Waals surface area contributed by atoms with E-state index in [2.05, 4.69) is 62.3 Å². The van der Waals surface area contributed by atoms with Gasteiger partial charge in [-0.15, -0.1) is 0 Å². The van der Waals surface area contributed by atoms with E-state index in [-0.39, 0.29) is 23.9 Å². The minimum atomic E-state index is -0.193. The Balaban J connectivity index is 1.04. The van der Waals surface area contributed by atoms with Gasteiger partial charge in [-0.1, -0.05) is 48.9 Å². The number of aldehydes is 1. The Bertz CT molecular complexity index is 2120. The molecule has 2 fully saturated rings. The lowest BCUT2D eigenvalue weighted by molar-refractivity contribution is 0.0788. The first-order valence-electron chi connectivity index (χ1n) is 21.4. The summed E-state index contributed by atoms with van der Waals surface area (Å²) in [5, 5.41) is 3.06. The summed E-state index contributed by atoms with van der Waals surface area (Å²) in [6.07, 6.45) is 5.71. The lowest BCUT2D eigenvalue weighted by Gasteiger charge is -2.37. The van der Waals surface area contributed by atoms with Crippen LogP contribution in [0.4, 0.5) is 5.69 Å². The lowest BCUT2D eigenvalue weighted by Crippen LogP contribution is -2.46. The maximum atomic E-state index is 14.0. The van der Waals surface area contributed by atoms with E-state index in [1.165, 1.54) is 5.56 Å². The molecule has 4 aromatic rings. The van der Waals surface area contributed by atoms with Crippen molar-refractivity contribution in [1.29, 1.82) is 0 Å². The van der Waals surface area contributed by atoms with Crippen molar-refractivity contribution < 1.29 is 19.1 Å². The van der Waals surface area contributed by atoms with Gasteiger partial charge in [0, 0.05) is 107 Å². The number of amides is 2. The van der Waals surface area contributed by atoms with Crippen molar-refractivity contribution in [2.75, 3.05) is 71.0 Å². The van der Waals surface area contributed by atoms with Crippen LogP contribution in [0, 0.1) is 20.8 Å². The number of nitrogens with zero attached hydrogens (tertiary/aromatic N) is 4. The molecule has 11 heteroatoms. The van der Waals surface area contributed by atoms with Gasteiger partial charge in [-0.25, -0.2) is 0 Å². The number of carbonyl (C=O) groups is 3. The van der Waals surface area contributed by atoms with Crippen LogP contribution >= 0.6 is 0 Å². The molecule has 0 radical (unpaired) electrons. The van der Waals surface area contributed by atoms with Crippen LogP contribution in [0.15, 0.2) is 71.5 Å². The highest BCUT2D eigenvalue weighted by atomic mass is 16.5. The highest BCUT2D eigenvalue weighted by molar-refractivity contribution is 6.01. The number of piperazine rings is 1. The molecule has 0 aliphatic carbocycles. The average molecular weight is 803 g/mol. The van der Waals surface area contributed by atoms with Gasteiger partial charge < -0.3 is 29.7 Å². The minimum Gasteiger partial charge on any atom is -0.381 e. The number of ether oxygens (including phenoxy) is 1. The van der Waals surface area contributed by atoms with Gasteiger partial charge in [0.1, 0.15) is 0 Å². The Morgan fingerprint density at radius 2 is 1.59 bits per heavy atom. The van der Waals surface area contributed by atoms with Crippen molar-refractivity contribution in [3.8, 4) is 11.1 Å². The van der Waals surface area contributed by atoms with E-state index in [4.69, 9.17) is 4.74 Å². The Labute approximate surface area is 349 Å². The highest BCUT2D eigenvalue weighted by Gasteiger charge is 2.25. The van der Waals surface area contributed by atoms with Crippen molar-refractivity contribution in [2.45, 2.75) is 78.9 Å². The van der Waals surface area contributed by atoms with E-state index in [1.807, 2.05) is 40.0 Å². The third kappa shape index (κ3) is 11.1. The quantitative estimate of drug-likeness (QED) is 0.0888. The number of hydrogen-bond donors (Lipinski definition) is 2. The van der Waals surface area contributed by atoms with Crippen LogP contribution < -0.4 is 15.8 Å². The third-order valence-corrected chi connectivity index (χ3v) is 12.1. The zero-order valence-electron chi connectivity index (χ0n) is 35.6. The number of unbranched alkanes of at least 4 members (excludes halogenated alkanes) is 2. The molecule has 2 amide bonds. The Morgan fingerprint density at radius 3 is 2.29 bits per heavy atom. The summed E-state index contributed by atoms with van der Waals surface area (Å²) in [6, 6.07) is 22.2. The maximum Gasteiger partial charge on any atom is 0.254 e. The predicted molar refractivity (Wildman–Crippen MR) is 236 cm³/mol. The molecule has 0 atom stereocenters. The van der Waals surface area contributed by atoms with Gasteiger partial charge in [0.25, 0.3) is 17.4 Å². The number of rotatable bonds is 17. The molecule has 2 saturated heterocycles. The average Bonchev–Trinajstić information content (AvgIpc) is 3.24. The molecule has 2 N–H and O–H groups in total. The summed E-state index contributed by atoms with van der Waals surface area (Å²) < 4.78 is 5.70. The van der Waals surface area contributed by atoms with Crippen LogP contribution in [0.25, 0.3) is 11.1 Å². The molecule has 2 aliphatic rings. The molecule has 314 valence electrons. The standard InChI is InChI=1S/C48H62N6O5/c1-6-54(41-18-26-59-27-19-41)45-30-40(29-43(36(45)4)46(56)49-31-44-34(2)28-35(3)50-47(44)57)38-16-14-37(15-17-38)32-53-24-22-52(23-25-53)21-11-7-10-20-51(5)48(58)42-13-9-8-12-39(42)33-55/h8-9,12-17,28-30,33,41H,6-7,10-11,18-27,31-32H2,1-5H3,(H,49,56)(H,50,57). The number of H-pyrrole nitrogens is 1. The largest absolute Gasteiger partial charge is 0.381 e. The van der Waals surface area contributed by atoms with Crippen LogP contribution in [0.1, 0.15) is 98.0 Å². The van der Waals surface area contributed by atoms with Crippen molar-refractivity contribution in [3.05, 3.63) is 122 Å². The fourth-order valence-electron chi connectivity index (χ4n) is 8.58. The Hall–Kier alpha value is -5.10. The van der Waals surface area contributed by atoms with Crippen LogP contribution in [-0.4, -0.2) is 110 Å². The van der Waals surface area contributed by atoms with Crippen molar-refractivity contribution in [1.82, 2.24) is 25.0 Å². The van der Waals surface area contributed by atoms with Crippen LogP contribution in [0.5, 0.6) is 0 Å². The molecule has 3 heterocycles. The molecular weight excluding hydrogens is 741 g/mol. The number of aryl methyl sites for hydroxylation is 2. The predicted octanol–water partition coefficient (Wildman–Crippen LogP) is 6.78. The van der Waals surface area contributed by atoms with Crippen LogP contribution in [0.2, 0.25) is 0 Å². The molecule has 0 bridgehead atoms. The second kappa shape index (κ2) is 20.7. The number of pyridine rings is 1. The fourth-order valence-corrected chi connectivity index (χ4v) is 8.58. The number of nitrogens with one attached hydrogen (secondary N) is 2. The van der Waals surface area contributed by atoms with E-state index in [0.29, 0.717) is 34.8 Å². The highest BCUT2D eigenvalue weighted by Crippen LogP contribution is 2.34. The van der Waals surface area contributed by atoms with E-state index >= 15 is 0 Å². The molecule has 59 heavy (non-hydrogen) atoms. The van der Waals surface area contributed by atoms with Crippen molar-refractivity contribution >= 4 is 23.8 Å². The first-order chi connectivity index (χ1) is 28.6. The van der Waals surface area contributed by atoms with Gasteiger partial charge >= 0.3 is 0 Å². The number of carbonyl (C=O) groups excluding carboxylic acids is 3. The van der Waals surface area contributed by atoms with E-state index in [0.717, 1.165) is 131 Å². The molecule has 11 nitrogen and oxygen atoms in total. The first kappa shape index (κ1) is 43.5. The van der Waals surface area contributed by atoms with Gasteiger partial charge in [-0.05, 0) is 112 Å². The molecule has 0 unspecified atom stereocenters. The van der Waals surface area contributed by atoms with Crippen LogP contribution in [0.3, 0.4) is 0 Å². The summed E-state index contributed by atoms with van der Waals surface area (Å²) in [5.74, 6) is -0.298. The Morgan fingerprint density at radius 1 is 0.881 bits per heavy atom. The van der Waals surface area contributed by atoms with Crippen molar-refractivity contribution in [3.63, 3.8) is 0 Å². The number of benzene rings is 3.